The Labute approximate surface area is 187 Å². The van der Waals surface area contributed by atoms with Crippen LogP contribution in [-0.2, 0) is 16.0 Å². The van der Waals surface area contributed by atoms with Crippen molar-refractivity contribution in [3.63, 3.8) is 0 Å². The molecule has 0 spiro atoms. The quantitative estimate of drug-likeness (QED) is 0.509. The van der Waals surface area contributed by atoms with Crippen molar-refractivity contribution in [2.45, 2.75) is 24.5 Å². The molecule has 3 N–H and O–H groups in total. The Bertz CT molecular complexity index is 1070. The fraction of sp³-hybridized carbons (Fsp3) is 0.231. The predicted molar refractivity (Wildman–Crippen MR) is 123 cm³/mol. The zero-order valence-corrected chi connectivity index (χ0v) is 17.7. The molecule has 1 aliphatic rings. The summed E-state index contributed by atoms with van der Waals surface area (Å²) in [6, 6.07) is 26.6. The van der Waals surface area contributed by atoms with E-state index < -0.39 is 17.6 Å². The monoisotopic (exact) mass is 430 g/mol. The summed E-state index contributed by atoms with van der Waals surface area (Å²) in [5.41, 5.74) is 7.23. The average Bonchev–Trinajstić information content (AvgIpc) is 3.22. The number of amides is 1. The van der Waals surface area contributed by atoms with Gasteiger partial charge in [0.15, 0.2) is 11.6 Å². The summed E-state index contributed by atoms with van der Waals surface area (Å²) in [4.78, 5) is 17.7. The Morgan fingerprint density at radius 1 is 1.00 bits per heavy atom. The van der Waals surface area contributed by atoms with Crippen molar-refractivity contribution in [2.75, 3.05) is 13.2 Å². The van der Waals surface area contributed by atoms with Gasteiger partial charge in [-0.2, -0.15) is 0 Å². The Hall–Kier alpha value is -3.64. The van der Waals surface area contributed by atoms with Crippen molar-refractivity contribution >= 4 is 11.8 Å². The first kappa shape index (κ1) is 21.6. The van der Waals surface area contributed by atoms with Gasteiger partial charge in [-0.25, -0.2) is 4.99 Å². The van der Waals surface area contributed by atoms with Crippen LogP contribution >= 0.6 is 0 Å². The molecule has 32 heavy (non-hydrogen) atoms. The minimum absolute atomic E-state index is 0.0835. The summed E-state index contributed by atoms with van der Waals surface area (Å²) in [6.07, 6.45) is 0.253. The van der Waals surface area contributed by atoms with Gasteiger partial charge in [-0.3, -0.25) is 4.79 Å². The zero-order chi connectivity index (χ0) is 22.4. The number of carbonyl (C=O) groups excluding carboxylic acids is 1. The number of hydrogen-bond donors (Lipinski definition) is 2. The molecule has 6 heteroatoms. The lowest BCUT2D eigenvalue weighted by Crippen LogP contribution is -2.47. The molecule has 2 atom stereocenters. The van der Waals surface area contributed by atoms with Gasteiger partial charge in [-0.1, -0.05) is 60.7 Å². The zero-order valence-electron chi connectivity index (χ0n) is 17.7. The third-order valence-corrected chi connectivity index (χ3v) is 5.48. The first-order chi connectivity index (χ1) is 15.6. The maximum absolute atomic E-state index is 12.9. The van der Waals surface area contributed by atoms with Crippen molar-refractivity contribution in [3.8, 4) is 5.75 Å². The van der Waals surface area contributed by atoms with Gasteiger partial charge in [0, 0.05) is 25.0 Å². The second kappa shape index (κ2) is 9.66. The van der Waals surface area contributed by atoms with Crippen molar-refractivity contribution in [1.82, 2.24) is 0 Å². The first-order valence-electron chi connectivity index (χ1n) is 10.6. The van der Waals surface area contributed by atoms with Crippen LogP contribution < -0.4 is 10.5 Å². The van der Waals surface area contributed by atoms with Crippen molar-refractivity contribution < 1.29 is 19.4 Å². The van der Waals surface area contributed by atoms with Gasteiger partial charge >= 0.3 is 0 Å². The molecule has 0 saturated carbocycles. The molecular weight excluding hydrogens is 404 g/mol. The van der Waals surface area contributed by atoms with Gasteiger partial charge in [-0.05, 0) is 35.4 Å². The van der Waals surface area contributed by atoms with Gasteiger partial charge in [0.25, 0.3) is 0 Å². The number of nitrogens with zero attached hydrogens (tertiary/aromatic N) is 1. The van der Waals surface area contributed by atoms with Crippen LogP contribution in [0.1, 0.15) is 29.2 Å². The Morgan fingerprint density at radius 3 is 2.28 bits per heavy atom. The predicted octanol–water partition coefficient (Wildman–Crippen LogP) is 3.43. The summed E-state index contributed by atoms with van der Waals surface area (Å²) in [6.45, 7) is 0.519. The highest BCUT2D eigenvalue weighted by Gasteiger charge is 2.52. The number of rotatable bonds is 9. The minimum Gasteiger partial charge on any atom is -0.494 e. The second-order valence-corrected chi connectivity index (χ2v) is 7.73. The van der Waals surface area contributed by atoms with Crippen LogP contribution in [0.25, 0.3) is 0 Å². The maximum atomic E-state index is 12.9. The minimum atomic E-state index is -1.27. The number of aliphatic imine (C=N–C) groups is 1. The highest BCUT2D eigenvalue weighted by molar-refractivity contribution is 6.00. The molecule has 4 rings (SSSR count). The Balaban J connectivity index is 1.70. The smallest absolute Gasteiger partial charge is 0.250 e. The Morgan fingerprint density at radius 2 is 1.66 bits per heavy atom. The van der Waals surface area contributed by atoms with Crippen LogP contribution in [0.15, 0.2) is 89.9 Å². The normalized spacial score (nSPS) is 19.8. The molecule has 1 heterocycles. The van der Waals surface area contributed by atoms with E-state index in [9.17, 15) is 4.79 Å². The van der Waals surface area contributed by atoms with E-state index in [2.05, 4.69) is 0 Å². The van der Waals surface area contributed by atoms with Gasteiger partial charge < -0.3 is 20.3 Å². The molecular formula is C26H26N2O4. The van der Waals surface area contributed by atoms with Crippen LogP contribution in [0.2, 0.25) is 0 Å². The van der Waals surface area contributed by atoms with E-state index in [-0.39, 0.29) is 6.61 Å². The Kier molecular flexibility index (Phi) is 6.52. The third-order valence-electron chi connectivity index (χ3n) is 5.48. The topological polar surface area (TPSA) is 94.1 Å². The lowest BCUT2D eigenvalue weighted by atomic mass is 9.82. The van der Waals surface area contributed by atoms with Crippen LogP contribution in [-0.4, -0.2) is 35.7 Å². The molecule has 0 aromatic heterocycles. The number of benzene rings is 3. The average molecular weight is 431 g/mol. The van der Waals surface area contributed by atoms with Crippen molar-refractivity contribution in [2.24, 2.45) is 10.7 Å². The number of aliphatic hydroxyl groups is 1. The number of aliphatic hydroxyl groups excluding tert-OH is 1. The number of carbonyl (C=O) groups is 1. The molecule has 0 saturated heterocycles. The molecule has 0 bridgehead atoms. The summed E-state index contributed by atoms with van der Waals surface area (Å²) in [5.74, 6) is 0.524. The number of hydrogen-bond acceptors (Lipinski definition) is 5. The molecule has 3 aromatic carbocycles. The number of primary amides is 1. The van der Waals surface area contributed by atoms with E-state index in [4.69, 9.17) is 25.3 Å². The van der Waals surface area contributed by atoms with E-state index in [1.54, 1.807) is 0 Å². The molecule has 0 aliphatic carbocycles. The fourth-order valence-electron chi connectivity index (χ4n) is 3.84. The molecule has 0 unspecified atom stereocenters. The van der Waals surface area contributed by atoms with E-state index in [0.29, 0.717) is 31.1 Å². The van der Waals surface area contributed by atoms with Crippen molar-refractivity contribution in [1.29, 1.82) is 0 Å². The van der Waals surface area contributed by atoms with Gasteiger partial charge in [0.1, 0.15) is 5.75 Å². The molecule has 3 aromatic rings. The van der Waals surface area contributed by atoms with Crippen molar-refractivity contribution in [3.05, 3.63) is 102 Å². The molecule has 0 fully saturated rings. The van der Waals surface area contributed by atoms with Crippen LogP contribution in [0.4, 0.5) is 0 Å². The molecule has 164 valence electrons. The molecule has 1 amide bonds. The largest absolute Gasteiger partial charge is 0.494 e. The summed E-state index contributed by atoms with van der Waals surface area (Å²) >= 11 is 0. The number of ether oxygens (including phenoxy) is 2. The standard InChI is InChI=1S/C26H26N2O4/c27-25(30)26(18-19-8-3-1-4-9-19)23(20-10-5-2-6-11-20)32-24(28-26)21-12-14-22(15-13-21)31-17-7-16-29/h1-6,8-15,23,29H,7,16-18H2,(H2,27,30)/t23-,26-/m0/s1. The highest BCUT2D eigenvalue weighted by Crippen LogP contribution is 2.42. The summed E-state index contributed by atoms with van der Waals surface area (Å²) < 4.78 is 11.9. The van der Waals surface area contributed by atoms with Gasteiger partial charge in [-0.15, -0.1) is 0 Å². The lowest BCUT2D eigenvalue weighted by Gasteiger charge is -2.29. The lowest BCUT2D eigenvalue weighted by molar-refractivity contribution is -0.125. The first-order valence-corrected chi connectivity index (χ1v) is 10.6. The van der Waals surface area contributed by atoms with Gasteiger partial charge in [0.2, 0.25) is 11.8 Å². The third kappa shape index (κ3) is 4.50. The SMILES string of the molecule is NC(=O)[C@@]1(Cc2ccccc2)N=C(c2ccc(OCCCO)cc2)O[C@H]1c1ccccc1. The molecule has 1 aliphatic heterocycles. The second-order valence-electron chi connectivity index (χ2n) is 7.73. The van der Waals surface area contributed by atoms with Crippen LogP contribution in [0.3, 0.4) is 0 Å². The fourth-order valence-corrected chi connectivity index (χ4v) is 3.84. The molecule has 6 nitrogen and oxygen atoms in total. The van der Waals surface area contributed by atoms with Crippen LogP contribution in [0, 0.1) is 0 Å². The van der Waals surface area contributed by atoms with Gasteiger partial charge in [0.05, 0.1) is 6.61 Å². The van der Waals surface area contributed by atoms with Crippen LogP contribution in [0.5, 0.6) is 5.75 Å². The molecule has 0 radical (unpaired) electrons. The summed E-state index contributed by atoms with van der Waals surface area (Å²) in [5, 5.41) is 8.90. The van der Waals surface area contributed by atoms with E-state index in [1.807, 2.05) is 84.9 Å². The summed E-state index contributed by atoms with van der Waals surface area (Å²) in [7, 11) is 0. The highest BCUT2D eigenvalue weighted by atomic mass is 16.5. The van der Waals surface area contributed by atoms with E-state index in [0.717, 1.165) is 16.7 Å². The maximum Gasteiger partial charge on any atom is 0.250 e. The van der Waals surface area contributed by atoms with E-state index >= 15 is 0 Å². The van der Waals surface area contributed by atoms with E-state index in [1.165, 1.54) is 0 Å². The number of nitrogens with two attached hydrogens (primary N) is 1.